The summed E-state index contributed by atoms with van der Waals surface area (Å²) in [5, 5.41) is 0. The molecule has 1 aliphatic heterocycles. The van der Waals surface area contributed by atoms with Gasteiger partial charge in [-0.15, -0.1) is 0 Å². The average molecular weight is 285 g/mol. The molecule has 1 aliphatic rings. The van der Waals surface area contributed by atoms with Crippen molar-refractivity contribution in [2.24, 2.45) is 0 Å². The molecule has 86 valence electrons. The Morgan fingerprint density at radius 3 is 2.88 bits per heavy atom. The first kappa shape index (κ1) is 11.2. The number of carbonyl (C=O) groups excluding carboxylic acids is 1. The first-order valence-corrected chi connectivity index (χ1v) is 5.77. The van der Waals surface area contributed by atoms with E-state index < -0.39 is 0 Å². The Kier molecular flexibility index (Phi) is 3.00. The minimum atomic E-state index is 0.0929. The number of nitrogens with zero attached hydrogens (tertiary/aromatic N) is 3. The largest absolute Gasteiger partial charge is 0.396 e. The van der Waals surface area contributed by atoms with Gasteiger partial charge in [-0.25, -0.2) is 4.98 Å². The van der Waals surface area contributed by atoms with Gasteiger partial charge in [-0.05, 0) is 22.0 Å². The minimum Gasteiger partial charge on any atom is -0.396 e. The third kappa shape index (κ3) is 2.11. The van der Waals surface area contributed by atoms with Gasteiger partial charge >= 0.3 is 0 Å². The molecular formula is C10H13BrN4O. The molecule has 0 aliphatic carbocycles. The highest BCUT2D eigenvalue weighted by Crippen LogP contribution is 2.24. The molecule has 0 saturated carbocycles. The summed E-state index contributed by atoms with van der Waals surface area (Å²) in [6.07, 6.45) is 1.69. The molecule has 0 spiro atoms. The Morgan fingerprint density at radius 1 is 1.50 bits per heavy atom. The molecule has 1 aromatic heterocycles. The van der Waals surface area contributed by atoms with Gasteiger partial charge in [0.2, 0.25) is 5.91 Å². The predicted octanol–water partition coefficient (Wildman–Crippen LogP) is 0.705. The minimum absolute atomic E-state index is 0.0929. The number of anilines is 2. The molecule has 1 saturated heterocycles. The van der Waals surface area contributed by atoms with E-state index in [1.807, 2.05) is 4.90 Å². The summed E-state index contributed by atoms with van der Waals surface area (Å²) in [7, 11) is 1.80. The highest BCUT2D eigenvalue weighted by Gasteiger charge is 2.23. The van der Waals surface area contributed by atoms with E-state index in [4.69, 9.17) is 5.73 Å². The molecule has 2 heterocycles. The van der Waals surface area contributed by atoms with Gasteiger partial charge in [-0.1, -0.05) is 0 Å². The summed E-state index contributed by atoms with van der Waals surface area (Å²) in [4.78, 5) is 19.4. The summed E-state index contributed by atoms with van der Waals surface area (Å²) in [6, 6.07) is 1.80. The molecule has 5 nitrogen and oxygen atoms in total. The molecule has 0 atom stereocenters. The lowest BCUT2D eigenvalue weighted by Crippen LogP contribution is -2.49. The van der Waals surface area contributed by atoms with Crippen molar-refractivity contribution in [3.05, 3.63) is 16.7 Å². The lowest BCUT2D eigenvalue weighted by molar-refractivity contribution is -0.129. The topological polar surface area (TPSA) is 62.5 Å². The maximum Gasteiger partial charge on any atom is 0.241 e. The Hall–Kier alpha value is -1.30. The number of halogens is 1. The number of nitrogens with two attached hydrogens (primary N) is 1. The Labute approximate surface area is 102 Å². The quantitative estimate of drug-likeness (QED) is 0.825. The van der Waals surface area contributed by atoms with E-state index in [1.165, 1.54) is 0 Å². The van der Waals surface area contributed by atoms with Crippen molar-refractivity contribution in [3.63, 3.8) is 0 Å². The number of carbonyl (C=O) groups is 1. The second-order valence-electron chi connectivity index (χ2n) is 3.80. The molecule has 0 bridgehead atoms. The molecule has 1 amide bonds. The van der Waals surface area contributed by atoms with Crippen molar-refractivity contribution in [2.75, 3.05) is 37.3 Å². The van der Waals surface area contributed by atoms with Gasteiger partial charge in [0.15, 0.2) is 5.82 Å². The highest BCUT2D eigenvalue weighted by atomic mass is 79.9. The van der Waals surface area contributed by atoms with E-state index in [2.05, 4.69) is 20.9 Å². The number of piperazine rings is 1. The van der Waals surface area contributed by atoms with Crippen LogP contribution in [0.5, 0.6) is 0 Å². The van der Waals surface area contributed by atoms with Crippen LogP contribution in [0.2, 0.25) is 0 Å². The molecule has 0 aromatic carbocycles. The van der Waals surface area contributed by atoms with Crippen molar-refractivity contribution in [1.82, 2.24) is 9.88 Å². The normalized spacial score (nSPS) is 16.8. The second-order valence-corrected chi connectivity index (χ2v) is 4.72. The fraction of sp³-hybridized carbons (Fsp3) is 0.400. The molecular weight excluding hydrogens is 272 g/mol. The molecule has 2 N–H and O–H groups in total. The van der Waals surface area contributed by atoms with Gasteiger partial charge in [0.25, 0.3) is 0 Å². The molecule has 1 fully saturated rings. The number of rotatable bonds is 1. The van der Waals surface area contributed by atoms with Crippen LogP contribution in [0.4, 0.5) is 11.5 Å². The third-order valence-corrected chi connectivity index (χ3v) is 3.05. The number of nitrogen functional groups attached to an aromatic ring is 1. The van der Waals surface area contributed by atoms with Gasteiger partial charge in [0, 0.05) is 30.8 Å². The van der Waals surface area contributed by atoms with Gasteiger partial charge in [-0.3, -0.25) is 4.79 Å². The summed E-state index contributed by atoms with van der Waals surface area (Å²) in [6.45, 7) is 1.81. The highest BCUT2D eigenvalue weighted by molar-refractivity contribution is 9.10. The lowest BCUT2D eigenvalue weighted by atomic mass is 10.3. The van der Waals surface area contributed by atoms with Crippen LogP contribution in [0.1, 0.15) is 0 Å². The van der Waals surface area contributed by atoms with Crippen molar-refractivity contribution in [2.45, 2.75) is 0 Å². The van der Waals surface area contributed by atoms with Crippen LogP contribution in [0.25, 0.3) is 0 Å². The summed E-state index contributed by atoms with van der Waals surface area (Å²) in [5.74, 6) is 0.778. The maximum atomic E-state index is 11.6. The van der Waals surface area contributed by atoms with E-state index >= 15 is 0 Å². The van der Waals surface area contributed by atoms with E-state index in [0.29, 0.717) is 24.6 Å². The van der Waals surface area contributed by atoms with Crippen LogP contribution >= 0.6 is 15.9 Å². The Morgan fingerprint density at radius 2 is 2.25 bits per heavy atom. The first-order valence-electron chi connectivity index (χ1n) is 4.98. The SMILES string of the molecule is CN1CCN(c2ncc(Br)cc2N)CC1=O. The summed E-state index contributed by atoms with van der Waals surface area (Å²) >= 11 is 3.31. The zero-order chi connectivity index (χ0) is 11.7. The van der Waals surface area contributed by atoms with Gasteiger partial charge in [0.1, 0.15) is 0 Å². The zero-order valence-electron chi connectivity index (χ0n) is 8.98. The van der Waals surface area contributed by atoms with Crippen molar-refractivity contribution < 1.29 is 4.79 Å². The number of likely N-dealkylation sites (N-methyl/N-ethyl adjacent to an activating group) is 1. The fourth-order valence-electron chi connectivity index (χ4n) is 1.65. The summed E-state index contributed by atoms with van der Waals surface area (Å²) < 4.78 is 0.842. The van der Waals surface area contributed by atoms with Crippen LogP contribution in [0.3, 0.4) is 0 Å². The maximum absolute atomic E-state index is 11.6. The summed E-state index contributed by atoms with van der Waals surface area (Å²) in [5.41, 5.74) is 6.46. The molecule has 6 heteroatoms. The predicted molar refractivity (Wildman–Crippen MR) is 66.2 cm³/mol. The third-order valence-electron chi connectivity index (χ3n) is 2.62. The van der Waals surface area contributed by atoms with Crippen molar-refractivity contribution >= 4 is 33.3 Å². The standard InChI is InChI=1S/C10H13BrN4O/c1-14-2-3-15(6-9(14)16)10-8(12)4-7(11)5-13-10/h4-5H,2-3,6,12H2,1H3. The van der Waals surface area contributed by atoms with Crippen LogP contribution in [-0.4, -0.2) is 42.5 Å². The molecule has 0 radical (unpaired) electrons. The van der Waals surface area contributed by atoms with Crippen molar-refractivity contribution in [3.8, 4) is 0 Å². The van der Waals surface area contributed by atoms with E-state index in [9.17, 15) is 4.79 Å². The Bertz CT molecular complexity index is 423. The number of hydrogen-bond acceptors (Lipinski definition) is 4. The van der Waals surface area contributed by atoms with Crippen LogP contribution in [-0.2, 0) is 4.79 Å². The van der Waals surface area contributed by atoms with Gasteiger partial charge in [-0.2, -0.15) is 0 Å². The lowest BCUT2D eigenvalue weighted by Gasteiger charge is -2.33. The zero-order valence-corrected chi connectivity index (χ0v) is 10.6. The average Bonchev–Trinajstić information content (AvgIpc) is 2.22. The van der Waals surface area contributed by atoms with E-state index in [-0.39, 0.29) is 5.91 Å². The van der Waals surface area contributed by atoms with Crippen molar-refractivity contribution in [1.29, 1.82) is 0 Å². The second kappa shape index (κ2) is 4.29. The van der Waals surface area contributed by atoms with Gasteiger partial charge in [0.05, 0.1) is 12.2 Å². The number of pyridine rings is 1. The number of aromatic nitrogens is 1. The van der Waals surface area contributed by atoms with E-state index in [0.717, 1.165) is 11.0 Å². The van der Waals surface area contributed by atoms with Gasteiger partial charge < -0.3 is 15.5 Å². The molecule has 0 unspecified atom stereocenters. The Balaban J connectivity index is 2.22. The smallest absolute Gasteiger partial charge is 0.241 e. The molecule has 2 rings (SSSR count). The first-order chi connectivity index (χ1) is 7.58. The van der Waals surface area contributed by atoms with Crippen LogP contribution in [0.15, 0.2) is 16.7 Å². The van der Waals surface area contributed by atoms with Crippen LogP contribution < -0.4 is 10.6 Å². The number of amides is 1. The number of hydrogen-bond donors (Lipinski definition) is 1. The van der Waals surface area contributed by atoms with E-state index in [1.54, 1.807) is 24.2 Å². The molecule has 16 heavy (non-hydrogen) atoms. The monoisotopic (exact) mass is 284 g/mol. The molecule has 1 aromatic rings. The fourth-order valence-corrected chi connectivity index (χ4v) is 2.00. The van der Waals surface area contributed by atoms with Crippen LogP contribution in [0, 0.1) is 0 Å².